The van der Waals surface area contributed by atoms with Crippen LogP contribution in [0.2, 0.25) is 0 Å². The summed E-state index contributed by atoms with van der Waals surface area (Å²) in [5.41, 5.74) is -0.858. The van der Waals surface area contributed by atoms with Gasteiger partial charge in [-0.3, -0.25) is 4.79 Å². The third kappa shape index (κ3) is 2.42. The number of nitrogens with zero attached hydrogens (tertiary/aromatic N) is 1. The molecule has 0 saturated carbocycles. The van der Waals surface area contributed by atoms with E-state index >= 15 is 0 Å². The van der Waals surface area contributed by atoms with E-state index in [1.165, 1.54) is 18.2 Å². The van der Waals surface area contributed by atoms with Crippen LogP contribution >= 0.6 is 11.8 Å². The van der Waals surface area contributed by atoms with Crippen molar-refractivity contribution in [2.24, 2.45) is 0 Å². The van der Waals surface area contributed by atoms with Gasteiger partial charge in [0.2, 0.25) is 0 Å². The second kappa shape index (κ2) is 4.76. The molecule has 1 heterocycles. The van der Waals surface area contributed by atoms with Crippen molar-refractivity contribution < 1.29 is 9.18 Å². The second-order valence-corrected chi connectivity index (χ2v) is 5.04. The van der Waals surface area contributed by atoms with Gasteiger partial charge in [-0.05, 0) is 24.3 Å². The third-order valence-corrected chi connectivity index (χ3v) is 3.90. The van der Waals surface area contributed by atoms with Crippen LogP contribution in [0.3, 0.4) is 0 Å². The normalized spacial score (nSPS) is 23.1. The zero-order valence-corrected chi connectivity index (χ0v) is 9.89. The summed E-state index contributed by atoms with van der Waals surface area (Å²) in [4.78, 5) is 11.9. The maximum Gasteiger partial charge on any atom is 0.255 e. The fourth-order valence-corrected chi connectivity index (χ4v) is 2.98. The monoisotopic (exact) mass is 250 g/mol. The van der Waals surface area contributed by atoms with Crippen molar-refractivity contribution in [3.8, 4) is 6.07 Å². The van der Waals surface area contributed by atoms with Gasteiger partial charge in [0.05, 0.1) is 11.6 Å². The predicted octanol–water partition coefficient (Wildman–Crippen LogP) is 1.95. The second-order valence-electron chi connectivity index (χ2n) is 3.93. The lowest BCUT2D eigenvalue weighted by atomic mass is 10.0. The van der Waals surface area contributed by atoms with Crippen LogP contribution in [0.15, 0.2) is 24.3 Å². The maximum atomic E-state index is 13.4. The summed E-state index contributed by atoms with van der Waals surface area (Å²) in [6.07, 6.45) is 0.606. The largest absolute Gasteiger partial charge is 0.333 e. The zero-order chi connectivity index (χ0) is 12.3. The van der Waals surface area contributed by atoms with E-state index in [4.69, 9.17) is 5.26 Å². The Bertz CT molecular complexity index is 478. The first-order chi connectivity index (χ1) is 8.17. The van der Waals surface area contributed by atoms with E-state index in [1.807, 2.05) is 0 Å². The van der Waals surface area contributed by atoms with E-state index in [0.29, 0.717) is 12.2 Å². The highest BCUT2D eigenvalue weighted by Crippen LogP contribution is 2.27. The number of carbonyl (C=O) groups excluding carboxylic acids is 1. The molecule has 1 aromatic rings. The van der Waals surface area contributed by atoms with Crippen molar-refractivity contribution in [3.63, 3.8) is 0 Å². The van der Waals surface area contributed by atoms with E-state index in [2.05, 4.69) is 11.4 Å². The van der Waals surface area contributed by atoms with E-state index in [0.717, 1.165) is 5.75 Å². The Labute approximate surface area is 103 Å². The van der Waals surface area contributed by atoms with Crippen LogP contribution < -0.4 is 5.32 Å². The van der Waals surface area contributed by atoms with E-state index in [-0.39, 0.29) is 5.56 Å². The molecule has 0 aliphatic carbocycles. The summed E-state index contributed by atoms with van der Waals surface area (Å²) in [5, 5.41) is 11.7. The van der Waals surface area contributed by atoms with Crippen LogP contribution in [0.25, 0.3) is 0 Å². The smallest absolute Gasteiger partial charge is 0.255 e. The number of halogens is 1. The van der Waals surface area contributed by atoms with Gasteiger partial charge in [0.25, 0.3) is 5.91 Å². The zero-order valence-electron chi connectivity index (χ0n) is 9.07. The Morgan fingerprint density at radius 3 is 2.88 bits per heavy atom. The minimum absolute atomic E-state index is 0.0148. The average molecular weight is 250 g/mol. The molecule has 1 saturated heterocycles. The number of benzene rings is 1. The van der Waals surface area contributed by atoms with Gasteiger partial charge in [-0.15, -0.1) is 0 Å². The molecule has 2 rings (SSSR count). The highest BCUT2D eigenvalue weighted by molar-refractivity contribution is 7.99. The summed E-state index contributed by atoms with van der Waals surface area (Å²) in [5.74, 6) is 0.310. The van der Waals surface area contributed by atoms with E-state index < -0.39 is 17.3 Å². The SMILES string of the molecule is N#CC1(NC(=O)c2ccccc2F)CCSC1. The Kier molecular flexibility index (Phi) is 3.34. The topological polar surface area (TPSA) is 52.9 Å². The van der Waals surface area contributed by atoms with Gasteiger partial charge < -0.3 is 5.32 Å². The number of nitriles is 1. The van der Waals surface area contributed by atoms with Gasteiger partial charge in [-0.1, -0.05) is 12.1 Å². The average Bonchev–Trinajstić information content (AvgIpc) is 2.79. The molecule has 1 aliphatic rings. The lowest BCUT2D eigenvalue weighted by Crippen LogP contribution is -2.47. The molecular weight excluding hydrogens is 239 g/mol. The Balaban J connectivity index is 2.17. The highest BCUT2D eigenvalue weighted by atomic mass is 32.2. The molecule has 1 aliphatic heterocycles. The molecule has 0 spiro atoms. The molecule has 17 heavy (non-hydrogen) atoms. The van der Waals surface area contributed by atoms with Crippen molar-refractivity contribution in [1.82, 2.24) is 5.32 Å². The van der Waals surface area contributed by atoms with Gasteiger partial charge in [-0.25, -0.2) is 4.39 Å². The highest BCUT2D eigenvalue weighted by Gasteiger charge is 2.36. The minimum Gasteiger partial charge on any atom is -0.333 e. The fraction of sp³-hybridized carbons (Fsp3) is 0.333. The van der Waals surface area contributed by atoms with Crippen LogP contribution in [0.1, 0.15) is 16.8 Å². The maximum absolute atomic E-state index is 13.4. The summed E-state index contributed by atoms with van der Waals surface area (Å²) in [7, 11) is 0. The summed E-state index contributed by atoms with van der Waals surface area (Å²) in [6, 6.07) is 7.89. The van der Waals surface area contributed by atoms with Crippen LogP contribution in [0, 0.1) is 17.1 Å². The molecule has 1 unspecified atom stereocenters. The van der Waals surface area contributed by atoms with Crippen molar-refractivity contribution in [2.45, 2.75) is 12.0 Å². The van der Waals surface area contributed by atoms with Crippen LogP contribution in [-0.4, -0.2) is 23.0 Å². The van der Waals surface area contributed by atoms with Gasteiger partial charge in [0, 0.05) is 5.75 Å². The summed E-state index contributed by atoms with van der Waals surface area (Å²) >= 11 is 1.62. The van der Waals surface area contributed by atoms with Gasteiger partial charge in [0.1, 0.15) is 11.4 Å². The predicted molar refractivity (Wildman–Crippen MR) is 64.2 cm³/mol. The Morgan fingerprint density at radius 1 is 1.53 bits per heavy atom. The molecule has 1 fully saturated rings. The molecular formula is C12H11FN2OS. The molecule has 0 radical (unpaired) electrons. The molecule has 1 atom stereocenters. The lowest BCUT2D eigenvalue weighted by molar-refractivity contribution is 0.0922. The Hall–Kier alpha value is -1.54. The van der Waals surface area contributed by atoms with E-state index in [1.54, 1.807) is 17.8 Å². The number of nitrogens with one attached hydrogen (secondary N) is 1. The molecule has 5 heteroatoms. The molecule has 1 amide bonds. The number of rotatable bonds is 2. The summed E-state index contributed by atoms with van der Waals surface area (Å²) in [6.45, 7) is 0. The van der Waals surface area contributed by atoms with Crippen molar-refractivity contribution in [2.75, 3.05) is 11.5 Å². The number of amides is 1. The number of hydrogen-bond donors (Lipinski definition) is 1. The molecule has 88 valence electrons. The van der Waals surface area contributed by atoms with Crippen molar-refractivity contribution in [1.29, 1.82) is 5.26 Å². The summed E-state index contributed by atoms with van der Waals surface area (Å²) < 4.78 is 13.4. The fourth-order valence-electron chi connectivity index (χ4n) is 1.71. The van der Waals surface area contributed by atoms with Gasteiger partial charge >= 0.3 is 0 Å². The van der Waals surface area contributed by atoms with Crippen LogP contribution in [0.4, 0.5) is 4.39 Å². The first kappa shape index (κ1) is 11.9. The number of carbonyl (C=O) groups is 1. The third-order valence-electron chi connectivity index (χ3n) is 2.71. The van der Waals surface area contributed by atoms with Gasteiger partial charge in [-0.2, -0.15) is 17.0 Å². The lowest BCUT2D eigenvalue weighted by Gasteiger charge is -2.21. The van der Waals surface area contributed by atoms with E-state index in [9.17, 15) is 9.18 Å². The first-order valence-electron chi connectivity index (χ1n) is 5.23. The first-order valence-corrected chi connectivity index (χ1v) is 6.38. The number of hydrogen-bond acceptors (Lipinski definition) is 3. The van der Waals surface area contributed by atoms with Crippen molar-refractivity contribution in [3.05, 3.63) is 35.6 Å². The Morgan fingerprint density at radius 2 is 2.29 bits per heavy atom. The van der Waals surface area contributed by atoms with Crippen LogP contribution in [0.5, 0.6) is 0 Å². The molecule has 1 N–H and O–H groups in total. The minimum atomic E-state index is -0.843. The molecule has 3 nitrogen and oxygen atoms in total. The molecule has 0 aromatic heterocycles. The van der Waals surface area contributed by atoms with Crippen molar-refractivity contribution >= 4 is 17.7 Å². The molecule has 1 aromatic carbocycles. The molecule has 0 bridgehead atoms. The quantitative estimate of drug-likeness (QED) is 0.873. The van der Waals surface area contributed by atoms with Gasteiger partial charge in [0.15, 0.2) is 0 Å². The standard InChI is InChI=1S/C12H11FN2OS/c13-10-4-2-1-3-9(10)11(16)15-12(7-14)5-6-17-8-12/h1-4H,5-6,8H2,(H,15,16). The van der Waals surface area contributed by atoms with Crippen LogP contribution in [-0.2, 0) is 0 Å². The number of thioether (sulfide) groups is 1.